The largest absolute Gasteiger partial charge is 0.443 e. The quantitative estimate of drug-likeness (QED) is 0.640. The highest BCUT2D eigenvalue weighted by Gasteiger charge is 2.34. The fraction of sp³-hybridized carbons (Fsp3) is 0.409. The van der Waals surface area contributed by atoms with Crippen LogP contribution in [0.3, 0.4) is 0 Å². The number of H-pyrrole nitrogens is 1. The van der Waals surface area contributed by atoms with Crippen molar-refractivity contribution in [1.29, 1.82) is 0 Å². The maximum Gasteiger partial charge on any atom is 0.275 e. The number of aromatic nitrogens is 3. The lowest BCUT2D eigenvalue weighted by molar-refractivity contribution is 0.0708. The highest BCUT2D eigenvalue weighted by molar-refractivity contribution is 5.92. The van der Waals surface area contributed by atoms with E-state index < -0.39 is 0 Å². The Labute approximate surface area is 169 Å². The molecule has 1 N–H and O–H groups in total. The van der Waals surface area contributed by atoms with Gasteiger partial charge >= 0.3 is 0 Å². The van der Waals surface area contributed by atoms with Gasteiger partial charge in [0.15, 0.2) is 0 Å². The molecule has 1 aliphatic heterocycles. The van der Waals surface area contributed by atoms with E-state index in [0.717, 1.165) is 43.4 Å². The van der Waals surface area contributed by atoms with E-state index in [-0.39, 0.29) is 17.8 Å². The SMILES string of the molecule is CCCCc1cc(C(=O)N2CCC[C@H]2c2ncc(Cc3ccc(F)cc3)o2)n[nH]1. The number of nitrogens with one attached hydrogen (secondary N) is 1. The minimum Gasteiger partial charge on any atom is -0.443 e. The van der Waals surface area contributed by atoms with Crippen LogP contribution >= 0.6 is 0 Å². The predicted molar refractivity (Wildman–Crippen MR) is 106 cm³/mol. The number of likely N-dealkylation sites (tertiary alicyclic amines) is 1. The molecule has 2 aromatic heterocycles. The van der Waals surface area contributed by atoms with Crippen molar-refractivity contribution in [1.82, 2.24) is 20.1 Å². The second-order valence-corrected chi connectivity index (χ2v) is 7.51. The third kappa shape index (κ3) is 4.39. The Bertz CT molecular complexity index is 963. The van der Waals surface area contributed by atoms with E-state index in [1.165, 1.54) is 12.1 Å². The summed E-state index contributed by atoms with van der Waals surface area (Å²) >= 11 is 0. The molecule has 6 nitrogen and oxygen atoms in total. The number of unbranched alkanes of at least 4 members (excludes halogenated alkanes) is 1. The molecule has 1 saturated heterocycles. The summed E-state index contributed by atoms with van der Waals surface area (Å²) in [6.07, 6.45) is 7.00. The van der Waals surface area contributed by atoms with Crippen LogP contribution < -0.4 is 0 Å². The van der Waals surface area contributed by atoms with Crippen molar-refractivity contribution in [2.45, 2.75) is 51.5 Å². The van der Waals surface area contributed by atoms with Crippen LogP contribution in [0.5, 0.6) is 0 Å². The van der Waals surface area contributed by atoms with Gasteiger partial charge < -0.3 is 9.32 Å². The van der Waals surface area contributed by atoms with Crippen LogP contribution in [0.25, 0.3) is 0 Å². The standard InChI is InChI=1S/C22H25FN4O2/c1-2-3-5-17-13-19(26-25-17)22(28)27-11-4-6-20(27)21-24-14-18(29-21)12-15-7-9-16(23)10-8-15/h7-10,13-14,20H,2-6,11-12H2,1H3,(H,25,26)/t20-/m0/s1. The number of hydrogen-bond acceptors (Lipinski definition) is 4. The second-order valence-electron chi connectivity index (χ2n) is 7.51. The topological polar surface area (TPSA) is 75.0 Å². The molecule has 0 spiro atoms. The van der Waals surface area contributed by atoms with Crippen LogP contribution in [0.1, 0.15) is 72.0 Å². The van der Waals surface area contributed by atoms with Crippen LogP contribution in [0.4, 0.5) is 4.39 Å². The van der Waals surface area contributed by atoms with E-state index in [2.05, 4.69) is 22.1 Å². The van der Waals surface area contributed by atoms with Gasteiger partial charge in [-0.05, 0) is 49.4 Å². The van der Waals surface area contributed by atoms with Crippen molar-refractivity contribution < 1.29 is 13.6 Å². The number of aryl methyl sites for hydroxylation is 1. The zero-order valence-corrected chi connectivity index (χ0v) is 16.5. The number of aromatic amines is 1. The molecule has 4 rings (SSSR count). The first-order valence-corrected chi connectivity index (χ1v) is 10.2. The molecular formula is C22H25FN4O2. The number of carbonyl (C=O) groups is 1. The maximum atomic E-state index is 13.1. The van der Waals surface area contributed by atoms with E-state index >= 15 is 0 Å². The molecule has 1 atom stereocenters. The van der Waals surface area contributed by atoms with E-state index in [0.29, 0.717) is 30.3 Å². The van der Waals surface area contributed by atoms with E-state index in [9.17, 15) is 9.18 Å². The summed E-state index contributed by atoms with van der Waals surface area (Å²) in [7, 11) is 0. The zero-order chi connectivity index (χ0) is 20.2. The van der Waals surface area contributed by atoms with Gasteiger partial charge in [0.1, 0.15) is 23.3 Å². The Morgan fingerprint density at radius 3 is 2.97 bits per heavy atom. The summed E-state index contributed by atoms with van der Waals surface area (Å²) in [5.41, 5.74) is 2.38. The minimum absolute atomic E-state index is 0.0928. The summed E-state index contributed by atoms with van der Waals surface area (Å²) in [6, 6.07) is 8.00. The Kier molecular flexibility index (Phi) is 5.74. The molecule has 3 heterocycles. The summed E-state index contributed by atoms with van der Waals surface area (Å²) in [6.45, 7) is 2.80. The number of nitrogens with zero attached hydrogens (tertiary/aromatic N) is 3. The molecule has 7 heteroatoms. The molecule has 29 heavy (non-hydrogen) atoms. The van der Waals surface area contributed by atoms with Gasteiger partial charge in [0.25, 0.3) is 5.91 Å². The number of halogens is 1. The average molecular weight is 396 g/mol. The Balaban J connectivity index is 1.45. The van der Waals surface area contributed by atoms with Gasteiger partial charge in [-0.15, -0.1) is 0 Å². The van der Waals surface area contributed by atoms with Crippen LogP contribution in [0.2, 0.25) is 0 Å². The fourth-order valence-corrected chi connectivity index (χ4v) is 3.74. The van der Waals surface area contributed by atoms with Crippen molar-refractivity contribution in [2.24, 2.45) is 0 Å². The number of rotatable bonds is 7. The molecule has 0 bridgehead atoms. The number of hydrogen-bond donors (Lipinski definition) is 1. The van der Waals surface area contributed by atoms with Gasteiger partial charge in [0.05, 0.1) is 6.20 Å². The summed E-state index contributed by atoms with van der Waals surface area (Å²) in [5, 5.41) is 7.18. The summed E-state index contributed by atoms with van der Waals surface area (Å²) < 4.78 is 19.0. The zero-order valence-electron chi connectivity index (χ0n) is 16.5. The van der Waals surface area contributed by atoms with Crippen molar-refractivity contribution in [3.05, 3.63) is 70.9 Å². The van der Waals surface area contributed by atoms with Crippen molar-refractivity contribution >= 4 is 5.91 Å². The molecule has 1 aromatic carbocycles. The van der Waals surface area contributed by atoms with E-state index in [1.807, 2.05) is 6.07 Å². The minimum atomic E-state index is -0.261. The van der Waals surface area contributed by atoms with Gasteiger partial charge in [-0.2, -0.15) is 5.10 Å². The molecule has 0 unspecified atom stereocenters. The van der Waals surface area contributed by atoms with Crippen molar-refractivity contribution in [2.75, 3.05) is 6.54 Å². The lowest BCUT2D eigenvalue weighted by atomic mass is 10.1. The highest BCUT2D eigenvalue weighted by atomic mass is 19.1. The van der Waals surface area contributed by atoms with Crippen LogP contribution in [-0.2, 0) is 12.8 Å². The molecule has 0 aliphatic carbocycles. The van der Waals surface area contributed by atoms with Gasteiger partial charge in [-0.1, -0.05) is 25.5 Å². The molecule has 1 aliphatic rings. The number of amides is 1. The summed E-state index contributed by atoms with van der Waals surface area (Å²) in [4.78, 5) is 19.2. The first-order valence-electron chi connectivity index (χ1n) is 10.2. The predicted octanol–water partition coefficient (Wildman–Crippen LogP) is 4.45. The molecule has 1 fully saturated rings. The second kappa shape index (κ2) is 8.59. The number of carbonyl (C=O) groups excluding carboxylic acids is 1. The van der Waals surface area contributed by atoms with Crippen LogP contribution in [0, 0.1) is 5.82 Å². The van der Waals surface area contributed by atoms with Gasteiger partial charge in [0, 0.05) is 18.7 Å². The molecule has 0 radical (unpaired) electrons. The molecule has 0 saturated carbocycles. The lowest BCUT2D eigenvalue weighted by Crippen LogP contribution is -2.31. The van der Waals surface area contributed by atoms with Gasteiger partial charge in [0.2, 0.25) is 5.89 Å². The molecular weight excluding hydrogens is 371 g/mol. The smallest absolute Gasteiger partial charge is 0.275 e. The molecule has 152 valence electrons. The Morgan fingerprint density at radius 2 is 2.17 bits per heavy atom. The number of oxazole rings is 1. The third-order valence-electron chi connectivity index (χ3n) is 5.31. The van der Waals surface area contributed by atoms with E-state index in [1.54, 1.807) is 23.2 Å². The monoisotopic (exact) mass is 396 g/mol. The first-order chi connectivity index (χ1) is 14.1. The molecule has 3 aromatic rings. The number of benzene rings is 1. The first kappa shape index (κ1) is 19.4. The summed E-state index contributed by atoms with van der Waals surface area (Å²) in [5.74, 6) is 0.898. The third-order valence-corrected chi connectivity index (χ3v) is 5.31. The average Bonchev–Trinajstić information content (AvgIpc) is 3.48. The van der Waals surface area contributed by atoms with Crippen LogP contribution in [0.15, 0.2) is 40.9 Å². The highest BCUT2D eigenvalue weighted by Crippen LogP contribution is 2.33. The molecule has 1 amide bonds. The van der Waals surface area contributed by atoms with Gasteiger partial charge in [-0.25, -0.2) is 9.37 Å². The Hall–Kier alpha value is -2.96. The lowest BCUT2D eigenvalue weighted by Gasteiger charge is -2.21. The van der Waals surface area contributed by atoms with Crippen molar-refractivity contribution in [3.8, 4) is 0 Å². The van der Waals surface area contributed by atoms with E-state index in [4.69, 9.17) is 4.42 Å². The normalized spacial score (nSPS) is 16.5. The van der Waals surface area contributed by atoms with Crippen LogP contribution in [-0.4, -0.2) is 32.5 Å². The Morgan fingerprint density at radius 1 is 1.34 bits per heavy atom. The van der Waals surface area contributed by atoms with Gasteiger partial charge in [-0.3, -0.25) is 9.89 Å². The van der Waals surface area contributed by atoms with Crippen molar-refractivity contribution in [3.63, 3.8) is 0 Å². The fourth-order valence-electron chi connectivity index (χ4n) is 3.74. The maximum absolute atomic E-state index is 13.1.